The van der Waals surface area contributed by atoms with Crippen molar-refractivity contribution in [2.45, 2.75) is 6.92 Å². The maximum Gasteiger partial charge on any atom is 0.337 e. The monoisotopic (exact) mass is 499 g/mol. The zero-order chi connectivity index (χ0) is 22.4. The first-order valence-electron chi connectivity index (χ1n) is 9.24. The van der Waals surface area contributed by atoms with Gasteiger partial charge in [0.25, 0.3) is 5.91 Å². The van der Waals surface area contributed by atoms with Gasteiger partial charge in [0.05, 0.1) is 27.7 Å². The number of esters is 1. The van der Waals surface area contributed by atoms with E-state index in [0.29, 0.717) is 38.1 Å². The maximum atomic E-state index is 12.9. The van der Waals surface area contributed by atoms with E-state index in [9.17, 15) is 9.59 Å². The number of methoxy groups -OCH3 is 1. The molecule has 1 amide bonds. The number of aliphatic imine (C=N–C) groups is 1. The number of amidine groups is 1. The van der Waals surface area contributed by atoms with E-state index in [0.717, 1.165) is 5.56 Å². The number of thioether (sulfide) groups is 1. The summed E-state index contributed by atoms with van der Waals surface area (Å²) in [5, 5.41) is 9.18. The van der Waals surface area contributed by atoms with Gasteiger partial charge in [-0.15, -0.1) is 0 Å². The standard InChI is InChI=1S/C22H18BrN3O4S/c1-3-26-20(27)19(12-14-7-8-18(17(23)11-14)30-10-9-24)31-22(26)25-16-6-4-5-15(13-16)21(28)29-2/h4-8,11-13H,3,10H2,1-2H3. The summed E-state index contributed by atoms with van der Waals surface area (Å²) >= 11 is 4.69. The predicted octanol–water partition coefficient (Wildman–Crippen LogP) is 4.76. The lowest BCUT2D eigenvalue weighted by atomic mass is 10.2. The second-order valence-corrected chi connectivity index (χ2v) is 8.10. The molecule has 0 spiro atoms. The van der Waals surface area contributed by atoms with Crippen molar-refractivity contribution in [2.24, 2.45) is 4.99 Å². The average Bonchev–Trinajstić information content (AvgIpc) is 3.06. The third-order valence-corrected chi connectivity index (χ3v) is 5.87. The number of benzene rings is 2. The number of rotatable bonds is 6. The summed E-state index contributed by atoms with van der Waals surface area (Å²) in [6.45, 7) is 2.29. The van der Waals surface area contributed by atoms with Gasteiger partial charge in [-0.05, 0) is 76.6 Å². The maximum absolute atomic E-state index is 12.9. The zero-order valence-corrected chi connectivity index (χ0v) is 19.2. The number of carbonyl (C=O) groups is 2. The molecule has 0 radical (unpaired) electrons. The third-order valence-electron chi connectivity index (χ3n) is 4.24. The van der Waals surface area contributed by atoms with E-state index in [4.69, 9.17) is 14.7 Å². The zero-order valence-electron chi connectivity index (χ0n) is 16.8. The van der Waals surface area contributed by atoms with Crippen LogP contribution in [0.25, 0.3) is 6.08 Å². The van der Waals surface area contributed by atoms with E-state index in [1.807, 2.05) is 25.1 Å². The van der Waals surface area contributed by atoms with Crippen LogP contribution in [0.1, 0.15) is 22.8 Å². The normalized spacial score (nSPS) is 15.9. The van der Waals surface area contributed by atoms with Crippen LogP contribution < -0.4 is 4.74 Å². The van der Waals surface area contributed by atoms with Crippen LogP contribution in [0.4, 0.5) is 5.69 Å². The van der Waals surface area contributed by atoms with Crippen molar-refractivity contribution >= 4 is 56.5 Å². The molecule has 0 atom stereocenters. The molecule has 1 heterocycles. The first kappa shape index (κ1) is 22.6. The van der Waals surface area contributed by atoms with Crippen molar-refractivity contribution in [1.82, 2.24) is 4.90 Å². The van der Waals surface area contributed by atoms with Crippen LogP contribution in [0.5, 0.6) is 5.75 Å². The minimum absolute atomic E-state index is 0.0458. The third kappa shape index (κ3) is 5.34. The fourth-order valence-electron chi connectivity index (χ4n) is 2.79. The van der Waals surface area contributed by atoms with Gasteiger partial charge in [0.1, 0.15) is 11.8 Å². The van der Waals surface area contributed by atoms with Gasteiger partial charge in [0.15, 0.2) is 11.8 Å². The lowest BCUT2D eigenvalue weighted by Crippen LogP contribution is -2.28. The minimum atomic E-state index is -0.446. The molecule has 31 heavy (non-hydrogen) atoms. The molecule has 7 nitrogen and oxygen atoms in total. The Hall–Kier alpha value is -3.09. The SMILES string of the molecule is CCN1C(=O)C(=Cc2ccc(OCC#N)c(Br)c2)SC1=Nc1cccc(C(=O)OC)c1. The fourth-order valence-corrected chi connectivity index (χ4v) is 4.36. The molecular formula is C22H18BrN3O4S. The first-order valence-corrected chi connectivity index (χ1v) is 10.9. The topological polar surface area (TPSA) is 92.0 Å². The number of hydrogen-bond acceptors (Lipinski definition) is 7. The molecule has 2 aromatic rings. The summed E-state index contributed by atoms with van der Waals surface area (Å²) in [7, 11) is 1.32. The van der Waals surface area contributed by atoms with Crippen molar-refractivity contribution in [3.63, 3.8) is 0 Å². The Labute approximate surface area is 192 Å². The van der Waals surface area contributed by atoms with Crippen LogP contribution in [0.2, 0.25) is 0 Å². The van der Waals surface area contributed by atoms with Crippen molar-refractivity contribution in [3.8, 4) is 11.8 Å². The summed E-state index contributed by atoms with van der Waals surface area (Å²) in [5.41, 5.74) is 1.75. The minimum Gasteiger partial charge on any atom is -0.478 e. The van der Waals surface area contributed by atoms with Crippen LogP contribution in [0.15, 0.2) is 56.8 Å². The second-order valence-electron chi connectivity index (χ2n) is 6.23. The summed E-state index contributed by atoms with van der Waals surface area (Å²) in [6.07, 6.45) is 1.78. The number of ether oxygens (including phenoxy) is 2. The van der Waals surface area contributed by atoms with Crippen LogP contribution in [0.3, 0.4) is 0 Å². The number of amides is 1. The van der Waals surface area contributed by atoms with Crippen molar-refractivity contribution < 1.29 is 19.1 Å². The van der Waals surface area contributed by atoms with E-state index in [1.165, 1.54) is 18.9 Å². The Morgan fingerprint density at radius 1 is 1.32 bits per heavy atom. The van der Waals surface area contributed by atoms with E-state index in [1.54, 1.807) is 41.3 Å². The Bertz CT molecular complexity index is 1120. The Morgan fingerprint density at radius 3 is 2.81 bits per heavy atom. The second kappa shape index (κ2) is 10.3. The first-order chi connectivity index (χ1) is 15.0. The Kier molecular flexibility index (Phi) is 7.50. The van der Waals surface area contributed by atoms with Gasteiger partial charge in [-0.3, -0.25) is 9.69 Å². The number of likely N-dealkylation sites (N-methyl/N-ethyl adjacent to an activating group) is 1. The number of nitrogens with zero attached hydrogens (tertiary/aromatic N) is 3. The molecule has 0 bridgehead atoms. The highest BCUT2D eigenvalue weighted by Crippen LogP contribution is 2.35. The molecule has 0 aliphatic carbocycles. The van der Waals surface area contributed by atoms with E-state index >= 15 is 0 Å². The highest BCUT2D eigenvalue weighted by Gasteiger charge is 2.32. The highest BCUT2D eigenvalue weighted by molar-refractivity contribution is 9.10. The summed E-state index contributed by atoms with van der Waals surface area (Å²) in [5.74, 6) is -0.0359. The van der Waals surface area contributed by atoms with Gasteiger partial charge in [0, 0.05) is 6.54 Å². The lowest BCUT2D eigenvalue weighted by Gasteiger charge is -2.12. The molecule has 0 N–H and O–H groups in total. The van der Waals surface area contributed by atoms with E-state index in [2.05, 4.69) is 20.9 Å². The number of hydrogen-bond donors (Lipinski definition) is 0. The van der Waals surface area contributed by atoms with Gasteiger partial charge in [-0.1, -0.05) is 12.1 Å². The van der Waals surface area contributed by atoms with Gasteiger partial charge >= 0.3 is 5.97 Å². The van der Waals surface area contributed by atoms with Gasteiger partial charge in [0.2, 0.25) is 0 Å². The molecule has 0 saturated carbocycles. The molecule has 2 aromatic carbocycles. The molecule has 1 saturated heterocycles. The quantitative estimate of drug-likeness (QED) is 0.420. The van der Waals surface area contributed by atoms with Crippen molar-refractivity contribution in [1.29, 1.82) is 5.26 Å². The van der Waals surface area contributed by atoms with Gasteiger partial charge in [-0.2, -0.15) is 5.26 Å². The lowest BCUT2D eigenvalue weighted by molar-refractivity contribution is -0.122. The molecule has 9 heteroatoms. The fraction of sp³-hybridized carbons (Fsp3) is 0.182. The summed E-state index contributed by atoms with van der Waals surface area (Å²) < 4.78 is 10.8. The van der Waals surface area contributed by atoms with Gasteiger partial charge in [-0.25, -0.2) is 9.79 Å². The van der Waals surface area contributed by atoms with Crippen molar-refractivity contribution in [2.75, 3.05) is 20.3 Å². The number of halogens is 1. The number of nitriles is 1. The molecule has 3 rings (SSSR count). The molecule has 0 aromatic heterocycles. The van der Waals surface area contributed by atoms with E-state index in [-0.39, 0.29) is 12.5 Å². The Balaban J connectivity index is 1.88. The molecule has 1 aliphatic heterocycles. The largest absolute Gasteiger partial charge is 0.478 e. The van der Waals surface area contributed by atoms with Gasteiger partial charge < -0.3 is 9.47 Å². The van der Waals surface area contributed by atoms with Crippen LogP contribution in [0, 0.1) is 11.3 Å². The molecule has 0 unspecified atom stereocenters. The van der Waals surface area contributed by atoms with Crippen LogP contribution >= 0.6 is 27.7 Å². The van der Waals surface area contributed by atoms with Crippen LogP contribution in [-0.2, 0) is 9.53 Å². The Morgan fingerprint density at radius 2 is 2.13 bits per heavy atom. The molecular weight excluding hydrogens is 482 g/mol. The van der Waals surface area contributed by atoms with Crippen molar-refractivity contribution in [3.05, 3.63) is 63.0 Å². The molecule has 1 fully saturated rings. The average molecular weight is 500 g/mol. The molecule has 1 aliphatic rings. The highest BCUT2D eigenvalue weighted by atomic mass is 79.9. The van der Waals surface area contributed by atoms with Crippen LogP contribution in [-0.4, -0.2) is 42.2 Å². The van der Waals surface area contributed by atoms with E-state index < -0.39 is 5.97 Å². The summed E-state index contributed by atoms with van der Waals surface area (Å²) in [6, 6.07) is 14.0. The number of carbonyl (C=O) groups excluding carboxylic acids is 2. The predicted molar refractivity (Wildman–Crippen MR) is 123 cm³/mol. The summed E-state index contributed by atoms with van der Waals surface area (Å²) in [4.78, 5) is 31.3. The smallest absolute Gasteiger partial charge is 0.337 e. The molecule has 158 valence electrons.